The van der Waals surface area contributed by atoms with Gasteiger partial charge in [0.2, 0.25) is 14.6 Å². The van der Waals surface area contributed by atoms with E-state index in [1.807, 2.05) is 0 Å². The molecule has 1 saturated heterocycles. The zero-order chi connectivity index (χ0) is 12.0. The number of hydrogen-bond acceptors (Lipinski definition) is 3. The average molecular weight is 242 g/mol. The van der Waals surface area contributed by atoms with Crippen LogP contribution < -0.4 is 0 Å². The minimum absolute atomic E-state index is 0.212. The van der Waals surface area contributed by atoms with Crippen LogP contribution in [0.15, 0.2) is 11.8 Å². The van der Waals surface area contributed by atoms with E-state index in [0.717, 1.165) is 12.2 Å². The largest absolute Gasteiger partial charge is 0.543 e. The van der Waals surface area contributed by atoms with Crippen molar-refractivity contribution in [2.24, 2.45) is 0 Å². The Bertz CT molecular complexity index is 304. The van der Waals surface area contributed by atoms with Gasteiger partial charge in [-0.25, -0.2) is 0 Å². The average Bonchev–Trinajstić information content (AvgIpc) is 2.52. The number of hydrogen-bond donors (Lipinski definition) is 0. The predicted octanol–water partition coefficient (Wildman–Crippen LogP) is 3.04. The van der Waals surface area contributed by atoms with Crippen molar-refractivity contribution in [1.29, 1.82) is 0 Å². The lowest BCUT2D eigenvalue weighted by molar-refractivity contribution is -0.0588. The standard InChI is InChI=1S/C12H22O3Si/c1-12(2,3)16(4,5)15-10-7-6-9-8-13-11(10)14-9/h7,9,11H,6,8H2,1-5H3/t9-,11+/m0/s1. The van der Waals surface area contributed by atoms with Gasteiger partial charge in [0.25, 0.3) is 0 Å². The molecule has 0 spiro atoms. The summed E-state index contributed by atoms with van der Waals surface area (Å²) in [5.74, 6) is 0.903. The van der Waals surface area contributed by atoms with Gasteiger partial charge in [0, 0.05) is 0 Å². The first-order chi connectivity index (χ1) is 7.29. The third-order valence-corrected chi connectivity index (χ3v) is 8.10. The Kier molecular flexibility index (Phi) is 2.93. The molecule has 4 heteroatoms. The molecule has 0 N–H and O–H groups in total. The van der Waals surface area contributed by atoms with Crippen molar-refractivity contribution < 1.29 is 13.9 Å². The van der Waals surface area contributed by atoms with E-state index < -0.39 is 8.32 Å². The summed E-state index contributed by atoms with van der Waals surface area (Å²) in [4.78, 5) is 0. The predicted molar refractivity (Wildman–Crippen MR) is 65.6 cm³/mol. The highest BCUT2D eigenvalue weighted by Gasteiger charge is 2.43. The zero-order valence-corrected chi connectivity index (χ0v) is 11.9. The highest BCUT2D eigenvalue weighted by atomic mass is 28.4. The lowest BCUT2D eigenvalue weighted by Gasteiger charge is -2.38. The quantitative estimate of drug-likeness (QED) is 0.697. The molecule has 0 aromatic rings. The topological polar surface area (TPSA) is 27.7 Å². The van der Waals surface area contributed by atoms with Gasteiger partial charge >= 0.3 is 0 Å². The van der Waals surface area contributed by atoms with Crippen LogP contribution in [0.4, 0.5) is 0 Å². The Balaban J connectivity index is 2.07. The Hall–Kier alpha value is -0.323. The summed E-state index contributed by atoms with van der Waals surface area (Å²) in [6, 6.07) is 0. The van der Waals surface area contributed by atoms with Crippen molar-refractivity contribution in [3.8, 4) is 0 Å². The van der Waals surface area contributed by atoms with Crippen molar-refractivity contribution >= 4 is 8.32 Å². The summed E-state index contributed by atoms with van der Waals surface area (Å²) in [5, 5.41) is 0.212. The second-order valence-corrected chi connectivity index (χ2v) is 10.9. The van der Waals surface area contributed by atoms with Crippen LogP contribution in [0.25, 0.3) is 0 Å². The maximum atomic E-state index is 6.22. The molecule has 2 aliphatic rings. The fraction of sp³-hybridized carbons (Fsp3) is 0.833. The summed E-state index contributed by atoms with van der Waals surface area (Å²) in [5.41, 5.74) is 0. The summed E-state index contributed by atoms with van der Waals surface area (Å²) in [7, 11) is -1.76. The summed E-state index contributed by atoms with van der Waals surface area (Å²) in [6.45, 7) is 11.9. The van der Waals surface area contributed by atoms with Crippen molar-refractivity contribution in [1.82, 2.24) is 0 Å². The zero-order valence-electron chi connectivity index (χ0n) is 10.9. The molecule has 3 nitrogen and oxygen atoms in total. The van der Waals surface area contributed by atoms with E-state index in [-0.39, 0.29) is 17.4 Å². The van der Waals surface area contributed by atoms with Crippen LogP contribution in [0.5, 0.6) is 0 Å². The molecule has 2 atom stereocenters. The van der Waals surface area contributed by atoms with E-state index in [1.165, 1.54) is 0 Å². The van der Waals surface area contributed by atoms with Gasteiger partial charge in [-0.3, -0.25) is 0 Å². The van der Waals surface area contributed by atoms with E-state index in [9.17, 15) is 0 Å². The van der Waals surface area contributed by atoms with Crippen LogP contribution >= 0.6 is 0 Å². The molecule has 1 fully saturated rings. The normalized spacial score (nSPS) is 30.2. The van der Waals surface area contributed by atoms with E-state index in [2.05, 4.69) is 39.9 Å². The molecule has 0 aromatic carbocycles. The molecule has 92 valence electrons. The van der Waals surface area contributed by atoms with Crippen LogP contribution in [-0.4, -0.2) is 27.3 Å². The number of fused-ring (bicyclic) bond motifs is 2. The molecule has 0 saturated carbocycles. The van der Waals surface area contributed by atoms with Crippen LogP contribution in [0, 0.1) is 0 Å². The van der Waals surface area contributed by atoms with Crippen LogP contribution in [0.2, 0.25) is 18.1 Å². The van der Waals surface area contributed by atoms with E-state index in [1.54, 1.807) is 0 Å². The number of rotatable bonds is 2. The second kappa shape index (κ2) is 3.86. The Labute approximate surface area is 98.9 Å². The van der Waals surface area contributed by atoms with Crippen molar-refractivity contribution in [3.05, 3.63) is 11.8 Å². The molecule has 0 radical (unpaired) electrons. The van der Waals surface area contributed by atoms with E-state index in [4.69, 9.17) is 13.9 Å². The van der Waals surface area contributed by atoms with Gasteiger partial charge in [0.1, 0.15) is 5.76 Å². The first-order valence-electron chi connectivity index (χ1n) is 5.96. The lowest BCUT2D eigenvalue weighted by Crippen LogP contribution is -2.42. The highest BCUT2D eigenvalue weighted by Crippen LogP contribution is 2.40. The highest BCUT2D eigenvalue weighted by molar-refractivity contribution is 6.74. The molecular weight excluding hydrogens is 220 g/mol. The summed E-state index contributed by atoms with van der Waals surface area (Å²) < 4.78 is 17.5. The van der Waals surface area contributed by atoms with Gasteiger partial charge in [0.05, 0.1) is 12.7 Å². The Morgan fingerprint density at radius 2 is 2.06 bits per heavy atom. The van der Waals surface area contributed by atoms with Crippen molar-refractivity contribution in [3.63, 3.8) is 0 Å². The molecule has 2 heterocycles. The minimum atomic E-state index is -1.76. The third kappa shape index (κ3) is 2.19. The van der Waals surface area contributed by atoms with E-state index in [0.29, 0.717) is 6.61 Å². The molecule has 2 bridgehead atoms. The van der Waals surface area contributed by atoms with Crippen molar-refractivity contribution in [2.75, 3.05) is 6.61 Å². The molecule has 0 aliphatic carbocycles. The Morgan fingerprint density at radius 3 is 2.69 bits per heavy atom. The molecule has 16 heavy (non-hydrogen) atoms. The summed E-state index contributed by atoms with van der Waals surface area (Å²) >= 11 is 0. The Morgan fingerprint density at radius 1 is 1.38 bits per heavy atom. The SMILES string of the molecule is CC(C)(C)[Si](C)(C)OC1=CC[C@H]2CO[C@@H]1O2. The summed E-state index contributed by atoms with van der Waals surface area (Å²) in [6.07, 6.45) is 3.07. The monoisotopic (exact) mass is 242 g/mol. The van der Waals surface area contributed by atoms with Crippen LogP contribution in [0.3, 0.4) is 0 Å². The first kappa shape index (κ1) is 12.1. The van der Waals surface area contributed by atoms with E-state index >= 15 is 0 Å². The van der Waals surface area contributed by atoms with Crippen LogP contribution in [0.1, 0.15) is 27.2 Å². The van der Waals surface area contributed by atoms with Gasteiger partial charge in [0.15, 0.2) is 0 Å². The fourth-order valence-electron chi connectivity index (χ4n) is 1.60. The molecule has 2 rings (SSSR count). The molecular formula is C12H22O3Si. The number of ether oxygens (including phenoxy) is 2. The lowest BCUT2D eigenvalue weighted by atomic mass is 10.2. The third-order valence-electron chi connectivity index (χ3n) is 3.74. The molecule has 0 amide bonds. The maximum absolute atomic E-state index is 6.22. The minimum Gasteiger partial charge on any atom is -0.543 e. The van der Waals surface area contributed by atoms with Crippen LogP contribution in [-0.2, 0) is 13.9 Å². The first-order valence-corrected chi connectivity index (χ1v) is 8.86. The molecule has 2 aliphatic heterocycles. The smallest absolute Gasteiger partial charge is 0.250 e. The van der Waals surface area contributed by atoms with Gasteiger partial charge in [-0.1, -0.05) is 20.8 Å². The molecule has 0 unspecified atom stereocenters. The second-order valence-electron chi connectivity index (χ2n) is 6.13. The van der Waals surface area contributed by atoms with Gasteiger partial charge in [-0.2, -0.15) is 0 Å². The van der Waals surface area contributed by atoms with Gasteiger partial charge in [-0.05, 0) is 30.6 Å². The fourth-order valence-corrected chi connectivity index (χ4v) is 2.68. The maximum Gasteiger partial charge on any atom is 0.250 e. The van der Waals surface area contributed by atoms with Crippen molar-refractivity contribution in [2.45, 2.75) is 57.7 Å². The van der Waals surface area contributed by atoms with Gasteiger partial charge in [-0.15, -0.1) is 0 Å². The van der Waals surface area contributed by atoms with Gasteiger partial charge < -0.3 is 13.9 Å². The molecule has 0 aromatic heterocycles.